The number of pyridine rings is 1. The fraction of sp³-hybridized carbons (Fsp3) is 0.250. The first-order chi connectivity index (χ1) is 12.6. The lowest BCUT2D eigenvalue weighted by atomic mass is 10.1. The number of fused-ring (bicyclic) bond motifs is 1. The zero-order valence-electron chi connectivity index (χ0n) is 14.5. The van der Waals surface area contributed by atoms with E-state index in [9.17, 15) is 4.39 Å². The first-order valence-electron chi connectivity index (χ1n) is 8.61. The molecule has 0 aliphatic carbocycles. The molecule has 26 heavy (non-hydrogen) atoms. The third-order valence-electron chi connectivity index (χ3n) is 4.83. The number of hydrogen-bond donors (Lipinski definition) is 1. The molecule has 1 N–H and O–H groups in total. The number of allylic oxidation sites excluding steroid dienone is 1. The summed E-state index contributed by atoms with van der Waals surface area (Å²) in [6.45, 7) is 5.20. The number of nitrogens with zero attached hydrogens (tertiary/aromatic N) is 3. The maximum atomic E-state index is 13.2. The smallest absolute Gasteiger partial charge is 0.124 e. The molecule has 1 aromatic heterocycles. The predicted molar refractivity (Wildman–Crippen MR) is 100 cm³/mol. The lowest BCUT2D eigenvalue weighted by Crippen LogP contribution is -2.30. The van der Waals surface area contributed by atoms with Crippen LogP contribution in [0, 0.1) is 5.82 Å². The van der Waals surface area contributed by atoms with Crippen LogP contribution in [-0.4, -0.2) is 28.0 Å². The third kappa shape index (κ3) is 3.45. The highest BCUT2D eigenvalue weighted by Gasteiger charge is 2.28. The quantitative estimate of drug-likeness (QED) is 0.885. The Morgan fingerprint density at radius 2 is 2.12 bits per heavy atom. The van der Waals surface area contributed by atoms with E-state index in [1.807, 2.05) is 24.4 Å². The van der Waals surface area contributed by atoms with E-state index < -0.39 is 0 Å². The Kier molecular flexibility index (Phi) is 4.66. The minimum absolute atomic E-state index is 0.312. The molecule has 1 fully saturated rings. The SMILES string of the molecule is CC1=C2CN(Cc3ccc(F)cc3Cl)NC2=CCN1Cc1ccccn1. The van der Waals surface area contributed by atoms with Gasteiger partial charge < -0.3 is 10.3 Å². The van der Waals surface area contributed by atoms with Gasteiger partial charge in [0, 0.05) is 42.1 Å². The van der Waals surface area contributed by atoms with Crippen molar-refractivity contribution in [2.75, 3.05) is 13.1 Å². The van der Waals surface area contributed by atoms with Gasteiger partial charge in [0.2, 0.25) is 0 Å². The summed E-state index contributed by atoms with van der Waals surface area (Å²) in [5, 5.41) is 2.56. The summed E-state index contributed by atoms with van der Waals surface area (Å²) in [5.74, 6) is -0.312. The molecule has 0 radical (unpaired) electrons. The molecule has 4 nitrogen and oxygen atoms in total. The van der Waals surface area contributed by atoms with Crippen LogP contribution in [0.1, 0.15) is 18.2 Å². The predicted octanol–water partition coefficient (Wildman–Crippen LogP) is 3.87. The fourth-order valence-corrected chi connectivity index (χ4v) is 3.61. The molecular formula is C20H20ClFN4. The van der Waals surface area contributed by atoms with E-state index in [1.165, 1.54) is 23.4 Å². The van der Waals surface area contributed by atoms with Gasteiger partial charge in [-0.1, -0.05) is 23.7 Å². The molecule has 1 aromatic carbocycles. The standard InChI is InChI=1S/C20H20ClFN4/c1-14-18-13-26(11-15-5-6-16(22)10-19(15)21)24-20(18)7-9-25(14)12-17-4-2-3-8-23-17/h2-8,10,24H,9,11-13H2,1H3. The molecular weight excluding hydrogens is 351 g/mol. The van der Waals surface area contributed by atoms with E-state index >= 15 is 0 Å². The Labute approximate surface area is 157 Å². The van der Waals surface area contributed by atoms with Crippen molar-refractivity contribution in [1.82, 2.24) is 20.3 Å². The van der Waals surface area contributed by atoms with Gasteiger partial charge in [0.1, 0.15) is 5.82 Å². The summed E-state index contributed by atoms with van der Waals surface area (Å²) in [6.07, 6.45) is 4.03. The monoisotopic (exact) mass is 370 g/mol. The van der Waals surface area contributed by atoms with Crippen molar-refractivity contribution >= 4 is 11.6 Å². The number of aromatic nitrogens is 1. The van der Waals surface area contributed by atoms with Gasteiger partial charge in [-0.2, -0.15) is 0 Å². The Morgan fingerprint density at radius 3 is 2.88 bits per heavy atom. The first kappa shape index (κ1) is 17.1. The van der Waals surface area contributed by atoms with Gasteiger partial charge >= 0.3 is 0 Å². The molecule has 134 valence electrons. The Balaban J connectivity index is 1.48. The number of benzene rings is 1. The van der Waals surface area contributed by atoms with Crippen molar-refractivity contribution in [2.24, 2.45) is 0 Å². The van der Waals surface area contributed by atoms with E-state index in [-0.39, 0.29) is 5.82 Å². The van der Waals surface area contributed by atoms with E-state index in [1.54, 1.807) is 6.07 Å². The van der Waals surface area contributed by atoms with Crippen molar-refractivity contribution in [3.63, 3.8) is 0 Å². The van der Waals surface area contributed by atoms with Crippen molar-refractivity contribution in [3.05, 3.63) is 87.7 Å². The lowest BCUT2D eigenvalue weighted by molar-refractivity contribution is 0.259. The largest absolute Gasteiger partial charge is 0.365 e. The van der Waals surface area contributed by atoms with E-state index in [4.69, 9.17) is 11.6 Å². The zero-order chi connectivity index (χ0) is 18.1. The summed E-state index contributed by atoms with van der Waals surface area (Å²) in [4.78, 5) is 6.75. The average molecular weight is 371 g/mol. The summed E-state index contributed by atoms with van der Waals surface area (Å²) in [7, 11) is 0. The van der Waals surface area contributed by atoms with E-state index in [2.05, 4.69) is 33.3 Å². The number of nitrogens with one attached hydrogen (secondary N) is 1. The van der Waals surface area contributed by atoms with Crippen LogP contribution in [-0.2, 0) is 13.1 Å². The van der Waals surface area contributed by atoms with Gasteiger partial charge in [0.15, 0.2) is 0 Å². The Morgan fingerprint density at radius 1 is 1.23 bits per heavy atom. The number of hydrogen-bond acceptors (Lipinski definition) is 4. The molecule has 3 heterocycles. The topological polar surface area (TPSA) is 31.4 Å². The van der Waals surface area contributed by atoms with Crippen LogP contribution in [0.2, 0.25) is 5.02 Å². The number of hydrazine groups is 1. The highest BCUT2D eigenvalue weighted by atomic mass is 35.5. The van der Waals surface area contributed by atoms with Crippen molar-refractivity contribution in [1.29, 1.82) is 0 Å². The molecule has 2 aliphatic heterocycles. The van der Waals surface area contributed by atoms with Gasteiger partial charge in [0.05, 0.1) is 17.9 Å². The summed E-state index contributed by atoms with van der Waals surface area (Å²) in [5.41, 5.74) is 9.10. The maximum absolute atomic E-state index is 13.2. The fourth-order valence-electron chi connectivity index (χ4n) is 3.38. The van der Waals surface area contributed by atoms with Crippen molar-refractivity contribution in [2.45, 2.75) is 20.0 Å². The zero-order valence-corrected chi connectivity index (χ0v) is 15.3. The van der Waals surface area contributed by atoms with Crippen LogP contribution in [0.15, 0.2) is 65.6 Å². The number of rotatable bonds is 4. The van der Waals surface area contributed by atoms with Gasteiger partial charge in [0.25, 0.3) is 0 Å². The molecule has 6 heteroatoms. The van der Waals surface area contributed by atoms with E-state index in [0.717, 1.165) is 36.6 Å². The highest BCUT2D eigenvalue weighted by molar-refractivity contribution is 6.31. The molecule has 0 spiro atoms. The van der Waals surface area contributed by atoms with Crippen LogP contribution >= 0.6 is 11.6 Å². The van der Waals surface area contributed by atoms with Gasteiger partial charge in [-0.3, -0.25) is 4.98 Å². The maximum Gasteiger partial charge on any atom is 0.124 e. The molecule has 4 rings (SSSR count). The first-order valence-corrected chi connectivity index (χ1v) is 8.98. The molecule has 0 bridgehead atoms. The summed E-state index contributed by atoms with van der Waals surface area (Å²) in [6, 6.07) is 10.5. The molecule has 2 aliphatic rings. The number of halogens is 2. The van der Waals surface area contributed by atoms with Crippen LogP contribution < -0.4 is 5.43 Å². The normalized spacial score (nSPS) is 17.2. The minimum Gasteiger partial charge on any atom is -0.365 e. The van der Waals surface area contributed by atoms with E-state index in [0.29, 0.717) is 11.6 Å². The van der Waals surface area contributed by atoms with Crippen LogP contribution in [0.5, 0.6) is 0 Å². The van der Waals surface area contributed by atoms with Gasteiger partial charge in [-0.05, 0) is 42.8 Å². The average Bonchev–Trinajstić information content (AvgIpc) is 3.04. The lowest BCUT2D eigenvalue weighted by Gasteiger charge is -2.28. The van der Waals surface area contributed by atoms with Crippen molar-refractivity contribution < 1.29 is 4.39 Å². The minimum atomic E-state index is -0.312. The van der Waals surface area contributed by atoms with Gasteiger partial charge in [-0.15, -0.1) is 0 Å². The van der Waals surface area contributed by atoms with Crippen LogP contribution in [0.4, 0.5) is 4.39 Å². The molecule has 0 saturated carbocycles. The second-order valence-electron chi connectivity index (χ2n) is 6.59. The Hall–Kier alpha value is -2.37. The van der Waals surface area contributed by atoms with Gasteiger partial charge in [-0.25, -0.2) is 9.40 Å². The molecule has 0 unspecified atom stereocenters. The van der Waals surface area contributed by atoms with Crippen LogP contribution in [0.25, 0.3) is 0 Å². The molecule has 0 amide bonds. The Bertz CT molecular complexity index is 879. The van der Waals surface area contributed by atoms with Crippen molar-refractivity contribution in [3.8, 4) is 0 Å². The third-order valence-corrected chi connectivity index (χ3v) is 5.19. The molecule has 0 atom stereocenters. The highest BCUT2D eigenvalue weighted by Crippen LogP contribution is 2.29. The second-order valence-corrected chi connectivity index (χ2v) is 6.99. The summed E-state index contributed by atoms with van der Waals surface area (Å²) >= 11 is 6.17. The molecule has 1 saturated heterocycles. The summed E-state index contributed by atoms with van der Waals surface area (Å²) < 4.78 is 13.2. The second kappa shape index (κ2) is 7.09. The molecule has 2 aromatic rings. The van der Waals surface area contributed by atoms with Crippen LogP contribution in [0.3, 0.4) is 0 Å².